The standard InChI is InChI=1S/C28H25N3O5S2/c1-35-21-12-8-9-18-15-22(36-26(18)21)25-19(17-31(29-25)20-10-4-2-5-11-20)16-23-27(34)30(28(37)38-23)14-7-3-6-13-24(32)33/h2,4-5,8-12,15-17H,3,6-7,13-14H2,1H3,(H,32,33). The number of rotatable bonds is 10. The van der Waals surface area contributed by atoms with E-state index in [4.69, 9.17) is 31.6 Å². The number of thiocarbonyl (C=S) groups is 1. The zero-order valence-electron chi connectivity index (χ0n) is 20.6. The van der Waals surface area contributed by atoms with Gasteiger partial charge in [0.1, 0.15) is 10.0 Å². The number of carbonyl (C=O) groups is 2. The SMILES string of the molecule is COc1cccc2cc(-c3nn(-c4ccccc4)cc3C=C3SC(=S)N(CCCCCC(=O)O)C3=O)oc12. The van der Waals surface area contributed by atoms with Crippen LogP contribution in [-0.4, -0.2) is 49.6 Å². The van der Waals surface area contributed by atoms with Crippen LogP contribution >= 0.6 is 24.0 Å². The van der Waals surface area contributed by atoms with E-state index in [-0.39, 0.29) is 12.3 Å². The molecule has 1 amide bonds. The molecule has 0 bridgehead atoms. The van der Waals surface area contributed by atoms with Gasteiger partial charge < -0.3 is 14.3 Å². The molecule has 1 saturated heterocycles. The van der Waals surface area contributed by atoms with Crippen molar-refractivity contribution in [2.45, 2.75) is 25.7 Å². The van der Waals surface area contributed by atoms with E-state index in [9.17, 15) is 9.59 Å². The first-order valence-corrected chi connectivity index (χ1v) is 13.4. The number of hydrogen-bond acceptors (Lipinski definition) is 7. The first-order chi connectivity index (χ1) is 18.4. The van der Waals surface area contributed by atoms with Gasteiger partial charge in [0.25, 0.3) is 5.91 Å². The van der Waals surface area contributed by atoms with Gasteiger partial charge in [-0.1, -0.05) is 60.7 Å². The van der Waals surface area contributed by atoms with Crippen molar-refractivity contribution in [3.05, 3.63) is 71.3 Å². The first kappa shape index (κ1) is 25.7. The molecule has 10 heteroatoms. The van der Waals surface area contributed by atoms with Crippen molar-refractivity contribution < 1.29 is 23.8 Å². The number of para-hydroxylation sites is 2. The summed E-state index contributed by atoms with van der Waals surface area (Å²) in [6.45, 7) is 0.459. The lowest BCUT2D eigenvalue weighted by atomic mass is 10.1. The summed E-state index contributed by atoms with van der Waals surface area (Å²) in [5, 5.41) is 14.5. The van der Waals surface area contributed by atoms with E-state index in [0.29, 0.717) is 63.4 Å². The van der Waals surface area contributed by atoms with E-state index in [1.165, 1.54) is 11.8 Å². The molecule has 194 valence electrons. The molecule has 0 aliphatic carbocycles. The summed E-state index contributed by atoms with van der Waals surface area (Å²) in [4.78, 5) is 26.0. The smallest absolute Gasteiger partial charge is 0.303 e. The molecular weight excluding hydrogens is 522 g/mol. The molecule has 3 heterocycles. The number of methoxy groups -OCH3 is 1. The highest BCUT2D eigenvalue weighted by molar-refractivity contribution is 8.26. The second kappa shape index (κ2) is 11.2. The number of thioether (sulfide) groups is 1. The lowest BCUT2D eigenvalue weighted by Crippen LogP contribution is -2.29. The highest BCUT2D eigenvalue weighted by Gasteiger charge is 2.32. The Morgan fingerprint density at radius 3 is 2.74 bits per heavy atom. The minimum atomic E-state index is -0.812. The predicted octanol–water partition coefficient (Wildman–Crippen LogP) is 6.14. The molecule has 0 saturated carbocycles. The van der Waals surface area contributed by atoms with E-state index < -0.39 is 5.97 Å². The van der Waals surface area contributed by atoms with E-state index >= 15 is 0 Å². The molecule has 1 N–H and O–H groups in total. The molecular formula is C28H25N3O5S2. The van der Waals surface area contributed by atoms with Crippen LogP contribution in [0.1, 0.15) is 31.2 Å². The second-order valence-electron chi connectivity index (χ2n) is 8.74. The third kappa shape index (κ3) is 5.36. The summed E-state index contributed by atoms with van der Waals surface area (Å²) in [6.07, 6.45) is 5.77. The third-order valence-corrected chi connectivity index (χ3v) is 7.53. The van der Waals surface area contributed by atoms with Gasteiger partial charge in [0.15, 0.2) is 17.1 Å². The van der Waals surface area contributed by atoms with Crippen molar-refractivity contribution in [2.75, 3.05) is 13.7 Å². The number of furan rings is 1. The maximum absolute atomic E-state index is 13.2. The Kier molecular flexibility index (Phi) is 7.62. The summed E-state index contributed by atoms with van der Waals surface area (Å²) in [5.41, 5.74) is 2.80. The van der Waals surface area contributed by atoms with Crippen molar-refractivity contribution >= 4 is 57.2 Å². The van der Waals surface area contributed by atoms with E-state index in [0.717, 1.165) is 11.1 Å². The normalized spacial score (nSPS) is 14.7. The quantitative estimate of drug-likeness (QED) is 0.144. The fourth-order valence-corrected chi connectivity index (χ4v) is 5.57. The first-order valence-electron chi connectivity index (χ1n) is 12.1. The van der Waals surface area contributed by atoms with Crippen LogP contribution in [0.15, 0.2) is 70.1 Å². The average molecular weight is 548 g/mol. The van der Waals surface area contributed by atoms with Crippen LogP contribution in [0, 0.1) is 0 Å². The Labute approximate surface area is 228 Å². The predicted molar refractivity (Wildman–Crippen MR) is 151 cm³/mol. The summed E-state index contributed by atoms with van der Waals surface area (Å²) in [5.74, 6) is 0.206. The molecule has 2 aromatic heterocycles. The summed E-state index contributed by atoms with van der Waals surface area (Å²) in [6, 6.07) is 17.3. The minimum absolute atomic E-state index is 0.125. The molecule has 4 aromatic rings. The number of carboxylic acids is 1. The molecule has 2 aromatic carbocycles. The number of hydrogen-bond donors (Lipinski definition) is 1. The maximum atomic E-state index is 13.2. The molecule has 0 radical (unpaired) electrons. The maximum Gasteiger partial charge on any atom is 0.303 e. The average Bonchev–Trinajstić information content (AvgIpc) is 3.60. The Hall–Kier alpha value is -3.89. The summed E-state index contributed by atoms with van der Waals surface area (Å²) >= 11 is 6.74. The Morgan fingerprint density at radius 2 is 1.97 bits per heavy atom. The molecule has 0 unspecified atom stereocenters. The molecule has 5 rings (SSSR count). The zero-order chi connectivity index (χ0) is 26.6. The highest BCUT2D eigenvalue weighted by atomic mass is 32.2. The highest BCUT2D eigenvalue weighted by Crippen LogP contribution is 2.38. The van der Waals surface area contributed by atoms with Gasteiger partial charge in [-0.2, -0.15) is 5.10 Å². The van der Waals surface area contributed by atoms with Crippen LogP contribution in [0.5, 0.6) is 5.75 Å². The van der Waals surface area contributed by atoms with Crippen molar-refractivity contribution in [3.63, 3.8) is 0 Å². The van der Waals surface area contributed by atoms with E-state index in [2.05, 4.69) is 0 Å². The number of aromatic nitrogens is 2. The van der Waals surface area contributed by atoms with Crippen molar-refractivity contribution in [2.24, 2.45) is 0 Å². The van der Waals surface area contributed by atoms with Gasteiger partial charge in [-0.05, 0) is 43.2 Å². The monoisotopic (exact) mass is 547 g/mol. The van der Waals surface area contributed by atoms with Crippen LogP contribution < -0.4 is 4.74 Å². The van der Waals surface area contributed by atoms with Crippen molar-refractivity contribution in [1.82, 2.24) is 14.7 Å². The Balaban J connectivity index is 1.47. The van der Waals surface area contributed by atoms with E-state index in [1.807, 2.05) is 60.8 Å². The second-order valence-corrected chi connectivity index (χ2v) is 10.4. The van der Waals surface area contributed by atoms with Gasteiger partial charge in [0.2, 0.25) is 0 Å². The molecule has 0 spiro atoms. The number of unbranched alkanes of at least 4 members (excludes halogenated alkanes) is 2. The van der Waals surface area contributed by atoms with Gasteiger partial charge in [0, 0.05) is 30.1 Å². The molecule has 0 atom stereocenters. The number of benzene rings is 2. The zero-order valence-corrected chi connectivity index (χ0v) is 22.3. The number of aliphatic carboxylic acids is 1. The van der Waals surface area contributed by atoms with Crippen LogP contribution in [0.2, 0.25) is 0 Å². The van der Waals surface area contributed by atoms with Gasteiger partial charge >= 0.3 is 5.97 Å². The van der Waals surface area contributed by atoms with Crippen LogP contribution in [0.25, 0.3) is 34.2 Å². The Morgan fingerprint density at radius 1 is 1.16 bits per heavy atom. The number of carboxylic acid groups (broad SMARTS) is 1. The van der Waals surface area contributed by atoms with Gasteiger partial charge in [0.05, 0.1) is 17.7 Å². The largest absolute Gasteiger partial charge is 0.493 e. The van der Waals surface area contributed by atoms with Gasteiger partial charge in [-0.15, -0.1) is 0 Å². The fraction of sp³-hybridized carbons (Fsp3) is 0.214. The number of carbonyl (C=O) groups excluding carboxylic acids is 1. The van der Waals surface area contributed by atoms with Crippen LogP contribution in [0.3, 0.4) is 0 Å². The molecule has 1 aliphatic heterocycles. The number of fused-ring (bicyclic) bond motifs is 1. The molecule has 1 aliphatic rings. The minimum Gasteiger partial charge on any atom is -0.493 e. The summed E-state index contributed by atoms with van der Waals surface area (Å²) < 4.78 is 13.9. The van der Waals surface area contributed by atoms with Crippen LogP contribution in [0.4, 0.5) is 0 Å². The number of nitrogens with zero attached hydrogens (tertiary/aromatic N) is 3. The third-order valence-electron chi connectivity index (χ3n) is 6.16. The van der Waals surface area contributed by atoms with Crippen molar-refractivity contribution in [1.29, 1.82) is 0 Å². The lowest BCUT2D eigenvalue weighted by molar-refractivity contribution is -0.137. The van der Waals surface area contributed by atoms with E-state index in [1.54, 1.807) is 22.8 Å². The lowest BCUT2D eigenvalue weighted by Gasteiger charge is -2.13. The summed E-state index contributed by atoms with van der Waals surface area (Å²) in [7, 11) is 1.60. The van der Waals surface area contributed by atoms with Crippen molar-refractivity contribution in [3.8, 4) is 22.9 Å². The molecule has 38 heavy (non-hydrogen) atoms. The molecule has 1 fully saturated rings. The van der Waals surface area contributed by atoms with Crippen LogP contribution in [-0.2, 0) is 9.59 Å². The number of ether oxygens (including phenoxy) is 1. The topological polar surface area (TPSA) is 97.8 Å². The van der Waals surface area contributed by atoms with Gasteiger partial charge in [-0.25, -0.2) is 4.68 Å². The van der Waals surface area contributed by atoms with Gasteiger partial charge in [-0.3, -0.25) is 14.5 Å². The molecule has 8 nitrogen and oxygen atoms in total. The fourth-order valence-electron chi connectivity index (χ4n) is 4.27. The number of amides is 1. The Bertz CT molecular complexity index is 1540.